The standard InChI is InChI=1S/C18H18N2O5/c1-23-18(22)15-9-5-6-10-16(15)20-17(21)13-19-25-12-11-24-14-7-3-2-4-8-14/h2-10,13H,11-12H2,1H3,(H,20,21). The van der Waals surface area contributed by atoms with E-state index in [0.717, 1.165) is 12.0 Å². The van der Waals surface area contributed by atoms with Crippen LogP contribution in [-0.2, 0) is 14.4 Å². The van der Waals surface area contributed by atoms with Gasteiger partial charge in [0, 0.05) is 0 Å². The third-order valence-electron chi connectivity index (χ3n) is 3.02. The molecule has 0 aliphatic carbocycles. The summed E-state index contributed by atoms with van der Waals surface area (Å²) in [4.78, 5) is 28.4. The van der Waals surface area contributed by atoms with Crippen molar-refractivity contribution in [1.82, 2.24) is 0 Å². The van der Waals surface area contributed by atoms with E-state index in [2.05, 4.69) is 15.2 Å². The Kier molecular flexibility index (Phi) is 6.99. The number of hydrogen-bond acceptors (Lipinski definition) is 6. The number of hydrogen-bond donors (Lipinski definition) is 1. The Balaban J connectivity index is 1.75. The number of rotatable bonds is 8. The van der Waals surface area contributed by atoms with Crippen LogP contribution in [0.1, 0.15) is 10.4 Å². The summed E-state index contributed by atoms with van der Waals surface area (Å²) in [6.07, 6.45) is 0.983. The first kappa shape index (κ1) is 18.0. The van der Waals surface area contributed by atoms with Crippen molar-refractivity contribution in [2.75, 3.05) is 25.6 Å². The molecule has 25 heavy (non-hydrogen) atoms. The second-order valence-electron chi connectivity index (χ2n) is 4.76. The van der Waals surface area contributed by atoms with Gasteiger partial charge < -0.3 is 19.6 Å². The minimum atomic E-state index is -0.540. The highest BCUT2D eigenvalue weighted by Gasteiger charge is 2.12. The topological polar surface area (TPSA) is 86.2 Å². The third-order valence-corrected chi connectivity index (χ3v) is 3.02. The first-order valence-corrected chi connectivity index (χ1v) is 7.52. The third kappa shape index (κ3) is 5.98. The number of ether oxygens (including phenoxy) is 2. The highest BCUT2D eigenvalue weighted by atomic mass is 16.6. The lowest BCUT2D eigenvalue weighted by Gasteiger charge is -2.07. The summed E-state index contributed by atoms with van der Waals surface area (Å²) in [5.41, 5.74) is 0.585. The van der Waals surface area contributed by atoms with Crippen LogP contribution in [0.15, 0.2) is 59.8 Å². The van der Waals surface area contributed by atoms with Crippen molar-refractivity contribution >= 4 is 23.8 Å². The number of para-hydroxylation sites is 2. The van der Waals surface area contributed by atoms with E-state index >= 15 is 0 Å². The SMILES string of the molecule is COC(=O)c1ccccc1NC(=O)C=NOCCOc1ccccc1. The molecule has 0 spiro atoms. The van der Waals surface area contributed by atoms with Crippen LogP contribution in [0.5, 0.6) is 5.75 Å². The van der Waals surface area contributed by atoms with Crippen molar-refractivity contribution in [3.8, 4) is 5.75 Å². The normalized spacial score (nSPS) is 10.3. The summed E-state index contributed by atoms with van der Waals surface area (Å²) >= 11 is 0. The number of esters is 1. The molecule has 7 nitrogen and oxygen atoms in total. The Morgan fingerprint density at radius 1 is 1.04 bits per heavy atom. The van der Waals surface area contributed by atoms with Crippen LogP contribution in [0.25, 0.3) is 0 Å². The van der Waals surface area contributed by atoms with E-state index in [1.54, 1.807) is 24.3 Å². The van der Waals surface area contributed by atoms with E-state index in [1.807, 2.05) is 30.3 Å². The van der Waals surface area contributed by atoms with Gasteiger partial charge in [-0.05, 0) is 24.3 Å². The quantitative estimate of drug-likeness (QED) is 0.345. The first-order valence-electron chi connectivity index (χ1n) is 7.52. The molecule has 2 aromatic rings. The second-order valence-corrected chi connectivity index (χ2v) is 4.76. The number of anilines is 1. The van der Waals surface area contributed by atoms with E-state index in [0.29, 0.717) is 12.3 Å². The molecule has 130 valence electrons. The highest BCUT2D eigenvalue weighted by Crippen LogP contribution is 2.15. The molecular formula is C18H18N2O5. The van der Waals surface area contributed by atoms with Crippen LogP contribution in [0.3, 0.4) is 0 Å². The summed E-state index contributed by atoms with van der Waals surface area (Å²) in [6, 6.07) is 15.8. The molecule has 7 heteroatoms. The molecule has 1 N–H and O–H groups in total. The molecule has 0 atom stereocenters. The van der Waals surface area contributed by atoms with E-state index in [-0.39, 0.29) is 12.2 Å². The zero-order valence-corrected chi connectivity index (χ0v) is 13.7. The van der Waals surface area contributed by atoms with Gasteiger partial charge in [0.05, 0.1) is 18.4 Å². The van der Waals surface area contributed by atoms with Crippen molar-refractivity contribution in [2.24, 2.45) is 5.16 Å². The lowest BCUT2D eigenvalue weighted by Crippen LogP contribution is -2.16. The van der Waals surface area contributed by atoms with Crippen LogP contribution >= 0.6 is 0 Å². The summed E-state index contributed by atoms with van der Waals surface area (Å²) < 4.78 is 10.1. The molecule has 0 unspecified atom stereocenters. The van der Waals surface area contributed by atoms with Crippen molar-refractivity contribution < 1.29 is 23.9 Å². The number of carbonyl (C=O) groups is 2. The van der Waals surface area contributed by atoms with E-state index in [4.69, 9.17) is 9.57 Å². The maximum Gasteiger partial charge on any atom is 0.339 e. The zero-order valence-electron chi connectivity index (χ0n) is 13.7. The molecule has 2 aromatic carbocycles. The van der Waals surface area contributed by atoms with Gasteiger partial charge in [0.2, 0.25) is 0 Å². The van der Waals surface area contributed by atoms with E-state index < -0.39 is 11.9 Å². The van der Waals surface area contributed by atoms with Gasteiger partial charge in [-0.15, -0.1) is 0 Å². The lowest BCUT2D eigenvalue weighted by atomic mass is 10.2. The largest absolute Gasteiger partial charge is 0.490 e. The Morgan fingerprint density at radius 2 is 1.76 bits per heavy atom. The maximum atomic E-state index is 11.8. The first-order chi connectivity index (χ1) is 12.2. The molecular weight excluding hydrogens is 324 g/mol. The van der Waals surface area contributed by atoms with Gasteiger partial charge in [0.1, 0.15) is 18.6 Å². The average Bonchev–Trinajstić information content (AvgIpc) is 2.65. The average molecular weight is 342 g/mol. The molecule has 0 aliphatic heterocycles. The van der Waals surface area contributed by atoms with Gasteiger partial charge >= 0.3 is 5.97 Å². The second kappa shape index (κ2) is 9.71. The maximum absolute atomic E-state index is 11.8. The molecule has 2 rings (SSSR count). The molecule has 1 amide bonds. The minimum absolute atomic E-state index is 0.192. The molecule has 0 saturated carbocycles. The molecule has 0 saturated heterocycles. The fourth-order valence-corrected chi connectivity index (χ4v) is 1.90. The monoisotopic (exact) mass is 342 g/mol. The Hall–Kier alpha value is -3.35. The number of oxime groups is 1. The van der Waals surface area contributed by atoms with Crippen LogP contribution in [0, 0.1) is 0 Å². The van der Waals surface area contributed by atoms with Crippen molar-refractivity contribution in [1.29, 1.82) is 0 Å². The van der Waals surface area contributed by atoms with Gasteiger partial charge in [0.25, 0.3) is 5.91 Å². The van der Waals surface area contributed by atoms with E-state index in [9.17, 15) is 9.59 Å². The molecule has 0 aromatic heterocycles. The van der Waals surface area contributed by atoms with Gasteiger partial charge in [-0.3, -0.25) is 4.79 Å². The molecule has 0 radical (unpaired) electrons. The van der Waals surface area contributed by atoms with Gasteiger partial charge in [-0.25, -0.2) is 4.79 Å². The Morgan fingerprint density at radius 3 is 2.52 bits per heavy atom. The summed E-state index contributed by atoms with van der Waals surface area (Å²) in [7, 11) is 1.27. The number of methoxy groups -OCH3 is 1. The van der Waals surface area contributed by atoms with Gasteiger partial charge in [-0.1, -0.05) is 35.5 Å². The number of benzene rings is 2. The smallest absolute Gasteiger partial charge is 0.339 e. The summed E-state index contributed by atoms with van der Waals surface area (Å²) in [5, 5.41) is 6.10. The minimum Gasteiger partial charge on any atom is -0.490 e. The predicted octanol–water partition coefficient (Wildman–Crippen LogP) is 2.49. The van der Waals surface area contributed by atoms with Gasteiger partial charge in [-0.2, -0.15) is 0 Å². The Bertz CT molecular complexity index is 731. The van der Waals surface area contributed by atoms with Crippen molar-refractivity contribution in [2.45, 2.75) is 0 Å². The van der Waals surface area contributed by atoms with Crippen LogP contribution in [0.4, 0.5) is 5.69 Å². The number of carbonyl (C=O) groups excluding carboxylic acids is 2. The number of amides is 1. The van der Waals surface area contributed by atoms with Crippen LogP contribution in [-0.4, -0.2) is 38.4 Å². The van der Waals surface area contributed by atoms with Crippen molar-refractivity contribution in [3.05, 3.63) is 60.2 Å². The zero-order chi connectivity index (χ0) is 17.9. The Labute approximate surface area is 145 Å². The molecule has 0 aliphatic rings. The van der Waals surface area contributed by atoms with Crippen LogP contribution < -0.4 is 10.1 Å². The summed E-state index contributed by atoms with van der Waals surface area (Å²) in [5.74, 6) is -0.338. The summed E-state index contributed by atoms with van der Waals surface area (Å²) in [6.45, 7) is 0.492. The highest BCUT2D eigenvalue weighted by molar-refractivity contribution is 6.32. The lowest BCUT2D eigenvalue weighted by molar-refractivity contribution is -0.110. The van der Waals surface area contributed by atoms with Crippen LogP contribution in [0.2, 0.25) is 0 Å². The fourth-order valence-electron chi connectivity index (χ4n) is 1.90. The number of nitrogens with zero attached hydrogens (tertiary/aromatic N) is 1. The number of nitrogens with one attached hydrogen (secondary N) is 1. The van der Waals surface area contributed by atoms with E-state index in [1.165, 1.54) is 7.11 Å². The predicted molar refractivity (Wildman–Crippen MR) is 92.8 cm³/mol. The fraction of sp³-hybridized carbons (Fsp3) is 0.167. The molecule has 0 bridgehead atoms. The molecule has 0 fully saturated rings. The van der Waals surface area contributed by atoms with Crippen molar-refractivity contribution in [3.63, 3.8) is 0 Å². The molecule has 0 heterocycles. The van der Waals surface area contributed by atoms with Gasteiger partial charge in [0.15, 0.2) is 6.61 Å².